The van der Waals surface area contributed by atoms with E-state index in [0.717, 1.165) is 0 Å². The molecule has 18 heavy (non-hydrogen) atoms. The van der Waals surface area contributed by atoms with Crippen molar-refractivity contribution in [3.05, 3.63) is 35.9 Å². The summed E-state index contributed by atoms with van der Waals surface area (Å²) in [6.45, 7) is 1.74. The van der Waals surface area contributed by atoms with Gasteiger partial charge in [-0.2, -0.15) is 0 Å². The molecule has 0 spiro atoms. The first-order valence-corrected chi connectivity index (χ1v) is 5.76. The van der Waals surface area contributed by atoms with Gasteiger partial charge in [0.2, 0.25) is 5.91 Å². The molecule has 2 amide bonds. The van der Waals surface area contributed by atoms with Gasteiger partial charge in [0.15, 0.2) is 0 Å². The summed E-state index contributed by atoms with van der Waals surface area (Å²) in [7, 11) is 1.57. The summed E-state index contributed by atoms with van der Waals surface area (Å²) in [5.41, 5.74) is 0.545. The molecule has 5 nitrogen and oxygen atoms in total. The van der Waals surface area contributed by atoms with Gasteiger partial charge in [-0.05, 0) is 19.1 Å². The molecule has 0 aliphatic rings. The van der Waals surface area contributed by atoms with Gasteiger partial charge in [0.05, 0.1) is 12.6 Å². The van der Waals surface area contributed by atoms with Gasteiger partial charge >= 0.3 is 0 Å². The highest BCUT2D eigenvalue weighted by Crippen LogP contribution is 2.02. The highest BCUT2D eigenvalue weighted by atomic mass is 16.3. The van der Waals surface area contributed by atoms with Crippen LogP contribution in [0, 0.1) is 0 Å². The predicted molar refractivity (Wildman–Crippen MR) is 68.1 cm³/mol. The Morgan fingerprint density at radius 3 is 2.50 bits per heavy atom. The van der Waals surface area contributed by atoms with Crippen molar-refractivity contribution in [2.75, 3.05) is 20.1 Å². The topological polar surface area (TPSA) is 69.6 Å². The van der Waals surface area contributed by atoms with Crippen LogP contribution in [0.2, 0.25) is 0 Å². The Labute approximate surface area is 106 Å². The normalized spacial score (nSPS) is 11.7. The van der Waals surface area contributed by atoms with Crippen LogP contribution in [0.1, 0.15) is 17.3 Å². The van der Waals surface area contributed by atoms with Gasteiger partial charge in [0, 0.05) is 19.2 Å². The fourth-order valence-electron chi connectivity index (χ4n) is 1.41. The van der Waals surface area contributed by atoms with E-state index in [4.69, 9.17) is 5.11 Å². The molecule has 0 bridgehead atoms. The summed E-state index contributed by atoms with van der Waals surface area (Å²) in [4.78, 5) is 24.7. The smallest absolute Gasteiger partial charge is 0.254 e. The van der Waals surface area contributed by atoms with E-state index < -0.39 is 6.10 Å². The van der Waals surface area contributed by atoms with Crippen molar-refractivity contribution in [2.45, 2.75) is 13.0 Å². The summed E-state index contributed by atoms with van der Waals surface area (Å²) in [6.07, 6.45) is -0.593. The highest BCUT2D eigenvalue weighted by molar-refractivity contribution is 5.96. The minimum Gasteiger partial charge on any atom is -0.392 e. The lowest BCUT2D eigenvalue weighted by Crippen LogP contribution is -2.40. The van der Waals surface area contributed by atoms with Crippen LogP contribution in [0.25, 0.3) is 0 Å². The monoisotopic (exact) mass is 250 g/mol. The van der Waals surface area contributed by atoms with Crippen LogP contribution < -0.4 is 5.32 Å². The first kappa shape index (κ1) is 14.2. The van der Waals surface area contributed by atoms with Crippen molar-refractivity contribution in [3.8, 4) is 0 Å². The summed E-state index contributed by atoms with van der Waals surface area (Å²) in [6, 6.07) is 8.77. The molecular formula is C13H18N2O3. The number of carbonyl (C=O) groups is 2. The molecule has 5 heteroatoms. The Kier molecular flexibility index (Phi) is 5.32. The minimum atomic E-state index is -0.593. The zero-order chi connectivity index (χ0) is 13.5. The van der Waals surface area contributed by atoms with E-state index in [-0.39, 0.29) is 24.9 Å². The van der Waals surface area contributed by atoms with Crippen molar-refractivity contribution in [3.63, 3.8) is 0 Å². The zero-order valence-electron chi connectivity index (χ0n) is 10.6. The molecule has 98 valence electrons. The van der Waals surface area contributed by atoms with E-state index in [1.54, 1.807) is 38.2 Å². The molecule has 1 rings (SSSR count). The molecule has 0 aliphatic heterocycles. The Morgan fingerprint density at radius 1 is 1.33 bits per heavy atom. The number of benzene rings is 1. The predicted octanol–water partition coefficient (Wildman–Crippen LogP) is 0.256. The van der Waals surface area contributed by atoms with E-state index in [2.05, 4.69) is 5.32 Å². The zero-order valence-corrected chi connectivity index (χ0v) is 10.6. The van der Waals surface area contributed by atoms with E-state index in [0.29, 0.717) is 5.56 Å². The molecule has 2 N–H and O–H groups in total. The lowest BCUT2D eigenvalue weighted by molar-refractivity contribution is -0.122. The van der Waals surface area contributed by atoms with Gasteiger partial charge in [-0.15, -0.1) is 0 Å². The lowest BCUT2D eigenvalue weighted by Gasteiger charge is -2.17. The molecule has 0 saturated carbocycles. The van der Waals surface area contributed by atoms with Crippen LogP contribution >= 0.6 is 0 Å². The van der Waals surface area contributed by atoms with Gasteiger partial charge in [-0.25, -0.2) is 0 Å². The minimum absolute atomic E-state index is 0.0273. The Bertz CT molecular complexity index is 404. The van der Waals surface area contributed by atoms with Crippen LogP contribution in [0.15, 0.2) is 30.3 Å². The molecule has 0 fully saturated rings. The average Bonchev–Trinajstić information content (AvgIpc) is 2.36. The number of aliphatic hydroxyl groups excluding tert-OH is 1. The van der Waals surface area contributed by atoms with Gasteiger partial charge < -0.3 is 15.3 Å². The number of aliphatic hydroxyl groups is 1. The van der Waals surface area contributed by atoms with Gasteiger partial charge in [-0.3, -0.25) is 9.59 Å². The van der Waals surface area contributed by atoms with Crippen molar-refractivity contribution < 1.29 is 14.7 Å². The number of amides is 2. The standard InChI is InChI=1S/C13H18N2O3/c1-10(16)8-14-12(17)9-15(2)13(18)11-6-4-3-5-7-11/h3-7,10,16H,8-9H2,1-2H3,(H,14,17)/t10-/m0/s1. The maximum absolute atomic E-state index is 11.9. The van der Waals surface area contributed by atoms with E-state index in [1.807, 2.05) is 6.07 Å². The Morgan fingerprint density at radius 2 is 1.94 bits per heavy atom. The number of likely N-dealkylation sites (N-methyl/N-ethyl adjacent to an activating group) is 1. The summed E-state index contributed by atoms with van der Waals surface area (Å²) in [5, 5.41) is 11.6. The Balaban J connectivity index is 2.48. The molecule has 0 aromatic heterocycles. The number of carbonyl (C=O) groups excluding carboxylic acids is 2. The third-order valence-corrected chi connectivity index (χ3v) is 2.34. The second kappa shape index (κ2) is 6.76. The van der Waals surface area contributed by atoms with Crippen molar-refractivity contribution >= 4 is 11.8 Å². The summed E-state index contributed by atoms with van der Waals surface area (Å²) < 4.78 is 0. The molecule has 0 radical (unpaired) electrons. The van der Waals surface area contributed by atoms with E-state index in [9.17, 15) is 9.59 Å². The van der Waals surface area contributed by atoms with Crippen LogP contribution in [-0.2, 0) is 4.79 Å². The van der Waals surface area contributed by atoms with E-state index in [1.165, 1.54) is 4.90 Å². The first-order valence-electron chi connectivity index (χ1n) is 5.76. The fourth-order valence-corrected chi connectivity index (χ4v) is 1.41. The van der Waals surface area contributed by atoms with Crippen LogP contribution in [-0.4, -0.2) is 48.1 Å². The van der Waals surface area contributed by atoms with Crippen molar-refractivity contribution in [1.82, 2.24) is 10.2 Å². The van der Waals surface area contributed by atoms with Gasteiger partial charge in [0.1, 0.15) is 0 Å². The number of hydrogen-bond acceptors (Lipinski definition) is 3. The molecule has 0 aliphatic carbocycles. The van der Waals surface area contributed by atoms with Crippen LogP contribution in [0.4, 0.5) is 0 Å². The highest BCUT2D eigenvalue weighted by Gasteiger charge is 2.14. The summed E-state index contributed by atoms with van der Waals surface area (Å²) >= 11 is 0. The largest absolute Gasteiger partial charge is 0.392 e. The number of hydrogen-bond donors (Lipinski definition) is 2. The quantitative estimate of drug-likeness (QED) is 0.787. The number of nitrogens with one attached hydrogen (secondary N) is 1. The van der Waals surface area contributed by atoms with Crippen LogP contribution in [0.5, 0.6) is 0 Å². The SMILES string of the molecule is C[C@H](O)CNC(=O)CN(C)C(=O)c1ccccc1. The molecule has 1 aromatic carbocycles. The molecular weight excluding hydrogens is 232 g/mol. The second-order valence-electron chi connectivity index (χ2n) is 4.18. The molecule has 0 heterocycles. The first-order chi connectivity index (χ1) is 8.50. The maximum Gasteiger partial charge on any atom is 0.254 e. The summed E-state index contributed by atoms with van der Waals surface area (Å²) in [5.74, 6) is -0.495. The van der Waals surface area contributed by atoms with E-state index >= 15 is 0 Å². The van der Waals surface area contributed by atoms with Crippen molar-refractivity contribution in [2.24, 2.45) is 0 Å². The second-order valence-corrected chi connectivity index (χ2v) is 4.18. The fraction of sp³-hybridized carbons (Fsp3) is 0.385. The average molecular weight is 250 g/mol. The third kappa shape index (κ3) is 4.55. The van der Waals surface area contributed by atoms with Crippen LogP contribution in [0.3, 0.4) is 0 Å². The lowest BCUT2D eigenvalue weighted by atomic mass is 10.2. The molecule has 0 unspecified atom stereocenters. The van der Waals surface area contributed by atoms with Crippen molar-refractivity contribution in [1.29, 1.82) is 0 Å². The van der Waals surface area contributed by atoms with Gasteiger partial charge in [0.25, 0.3) is 5.91 Å². The molecule has 1 aromatic rings. The van der Waals surface area contributed by atoms with Gasteiger partial charge in [-0.1, -0.05) is 18.2 Å². The molecule has 1 atom stereocenters. The maximum atomic E-state index is 11.9. The number of rotatable bonds is 5. The number of nitrogens with zero attached hydrogens (tertiary/aromatic N) is 1. The Hall–Kier alpha value is -1.88. The molecule has 0 saturated heterocycles. The third-order valence-electron chi connectivity index (χ3n) is 2.34.